The van der Waals surface area contributed by atoms with Crippen molar-refractivity contribution in [1.82, 2.24) is 10.3 Å². The van der Waals surface area contributed by atoms with Crippen LogP contribution in [0.1, 0.15) is 30.3 Å². The molecule has 0 saturated heterocycles. The van der Waals surface area contributed by atoms with Gasteiger partial charge in [0.25, 0.3) is 0 Å². The summed E-state index contributed by atoms with van der Waals surface area (Å²) in [6.07, 6.45) is 3.43. The zero-order valence-corrected chi connectivity index (χ0v) is 13.7. The standard InChI is InChI=1S/C15H16BrFN2S/c1-2-13-14(8-18-10-4-5-10)20-15(19-13)11-6-3-9(16)7-12(11)17/h3,6-7,10,18H,2,4-5,8H2,1H3. The van der Waals surface area contributed by atoms with E-state index in [1.165, 1.54) is 23.8 Å². The van der Waals surface area contributed by atoms with Crippen molar-refractivity contribution >= 4 is 27.3 Å². The Kier molecular flexibility index (Phi) is 4.19. The van der Waals surface area contributed by atoms with Crippen LogP contribution in [0, 0.1) is 5.82 Å². The zero-order chi connectivity index (χ0) is 14.1. The lowest BCUT2D eigenvalue weighted by molar-refractivity contribution is 0.630. The lowest BCUT2D eigenvalue weighted by atomic mass is 10.2. The normalized spacial score (nSPS) is 14.8. The fraction of sp³-hybridized carbons (Fsp3) is 0.400. The van der Waals surface area contributed by atoms with Crippen LogP contribution in [0.15, 0.2) is 22.7 Å². The third-order valence-electron chi connectivity index (χ3n) is 3.40. The third kappa shape index (κ3) is 3.10. The molecule has 1 N–H and O–H groups in total. The molecule has 3 rings (SSSR count). The first kappa shape index (κ1) is 14.2. The molecule has 1 aliphatic carbocycles. The van der Waals surface area contributed by atoms with Crippen LogP contribution in [-0.2, 0) is 13.0 Å². The number of halogens is 2. The maximum Gasteiger partial charge on any atom is 0.134 e. The number of benzene rings is 1. The van der Waals surface area contributed by atoms with E-state index in [2.05, 4.69) is 33.2 Å². The van der Waals surface area contributed by atoms with Crippen LogP contribution in [0.3, 0.4) is 0 Å². The van der Waals surface area contributed by atoms with Gasteiger partial charge in [0.15, 0.2) is 0 Å². The summed E-state index contributed by atoms with van der Waals surface area (Å²) in [5, 5.41) is 4.28. The highest BCUT2D eigenvalue weighted by molar-refractivity contribution is 9.10. The monoisotopic (exact) mass is 354 g/mol. The number of nitrogens with zero attached hydrogens (tertiary/aromatic N) is 1. The molecule has 0 radical (unpaired) electrons. The SMILES string of the molecule is CCc1nc(-c2ccc(Br)cc2F)sc1CNC1CC1. The van der Waals surface area contributed by atoms with E-state index in [-0.39, 0.29) is 5.82 Å². The first-order valence-corrected chi connectivity index (χ1v) is 8.45. The largest absolute Gasteiger partial charge is 0.309 e. The molecule has 1 fully saturated rings. The van der Waals surface area contributed by atoms with Gasteiger partial charge in [0.2, 0.25) is 0 Å². The van der Waals surface area contributed by atoms with Gasteiger partial charge in [0, 0.05) is 27.5 Å². The minimum atomic E-state index is -0.225. The predicted octanol–water partition coefficient (Wildman–Crippen LogP) is 4.53. The molecular weight excluding hydrogens is 339 g/mol. The Hall–Kier alpha value is -0.780. The van der Waals surface area contributed by atoms with Gasteiger partial charge in [-0.15, -0.1) is 11.3 Å². The van der Waals surface area contributed by atoms with Gasteiger partial charge in [-0.25, -0.2) is 9.37 Å². The van der Waals surface area contributed by atoms with Gasteiger partial charge in [0.1, 0.15) is 10.8 Å². The first-order valence-electron chi connectivity index (χ1n) is 6.84. The predicted molar refractivity (Wildman–Crippen MR) is 84.4 cm³/mol. The van der Waals surface area contributed by atoms with Gasteiger partial charge in [-0.3, -0.25) is 0 Å². The lowest BCUT2D eigenvalue weighted by Crippen LogP contribution is -2.15. The Bertz CT molecular complexity index is 622. The summed E-state index contributed by atoms with van der Waals surface area (Å²) in [7, 11) is 0. The molecule has 0 aliphatic heterocycles. The quantitative estimate of drug-likeness (QED) is 0.853. The third-order valence-corrected chi connectivity index (χ3v) is 5.03. The molecule has 2 nitrogen and oxygen atoms in total. The van der Waals surface area contributed by atoms with Crippen LogP contribution in [0.4, 0.5) is 4.39 Å². The molecule has 0 bridgehead atoms. The van der Waals surface area contributed by atoms with E-state index in [9.17, 15) is 4.39 Å². The van der Waals surface area contributed by atoms with E-state index < -0.39 is 0 Å². The molecule has 5 heteroatoms. The second-order valence-electron chi connectivity index (χ2n) is 5.02. The summed E-state index contributed by atoms with van der Waals surface area (Å²) in [5.41, 5.74) is 1.67. The van der Waals surface area contributed by atoms with E-state index in [0.29, 0.717) is 11.6 Å². The summed E-state index contributed by atoms with van der Waals surface area (Å²) in [6.45, 7) is 2.95. The van der Waals surface area contributed by atoms with Crippen molar-refractivity contribution in [3.8, 4) is 10.6 Å². The summed E-state index contributed by atoms with van der Waals surface area (Å²) in [4.78, 5) is 5.84. The highest BCUT2D eigenvalue weighted by atomic mass is 79.9. The van der Waals surface area contributed by atoms with Crippen molar-refractivity contribution in [2.45, 2.75) is 38.8 Å². The van der Waals surface area contributed by atoms with Crippen molar-refractivity contribution in [2.75, 3.05) is 0 Å². The van der Waals surface area contributed by atoms with Gasteiger partial charge < -0.3 is 5.32 Å². The zero-order valence-electron chi connectivity index (χ0n) is 11.2. The second kappa shape index (κ2) is 5.92. The molecule has 0 atom stereocenters. The average molecular weight is 355 g/mol. The molecular formula is C15H16BrFN2S. The van der Waals surface area contributed by atoms with Crippen molar-refractivity contribution in [1.29, 1.82) is 0 Å². The minimum Gasteiger partial charge on any atom is -0.309 e. The Morgan fingerprint density at radius 1 is 1.45 bits per heavy atom. The van der Waals surface area contributed by atoms with Gasteiger partial charge in [-0.2, -0.15) is 0 Å². The number of aryl methyl sites for hydroxylation is 1. The fourth-order valence-electron chi connectivity index (χ4n) is 2.10. The Morgan fingerprint density at radius 3 is 2.90 bits per heavy atom. The van der Waals surface area contributed by atoms with Crippen LogP contribution in [0.2, 0.25) is 0 Å². The van der Waals surface area contributed by atoms with Crippen LogP contribution >= 0.6 is 27.3 Å². The molecule has 0 spiro atoms. The second-order valence-corrected chi connectivity index (χ2v) is 7.02. The lowest BCUT2D eigenvalue weighted by Gasteiger charge is -2.00. The van der Waals surface area contributed by atoms with Crippen LogP contribution in [0.5, 0.6) is 0 Å². The summed E-state index contributed by atoms with van der Waals surface area (Å²) >= 11 is 4.88. The van der Waals surface area contributed by atoms with Gasteiger partial charge >= 0.3 is 0 Å². The maximum atomic E-state index is 14.0. The highest BCUT2D eigenvalue weighted by Gasteiger charge is 2.21. The van der Waals surface area contributed by atoms with Crippen molar-refractivity contribution in [3.05, 3.63) is 39.1 Å². The topological polar surface area (TPSA) is 24.9 Å². The van der Waals surface area contributed by atoms with Crippen LogP contribution in [-0.4, -0.2) is 11.0 Å². The smallest absolute Gasteiger partial charge is 0.134 e. The number of nitrogens with one attached hydrogen (secondary N) is 1. The molecule has 2 aromatic rings. The van der Waals surface area contributed by atoms with E-state index in [0.717, 1.165) is 28.1 Å². The van der Waals surface area contributed by atoms with E-state index in [4.69, 9.17) is 0 Å². The van der Waals surface area contributed by atoms with Crippen molar-refractivity contribution in [3.63, 3.8) is 0 Å². The van der Waals surface area contributed by atoms with Gasteiger partial charge in [-0.1, -0.05) is 22.9 Å². The maximum absolute atomic E-state index is 14.0. The molecule has 0 unspecified atom stereocenters. The Balaban J connectivity index is 1.88. The van der Waals surface area contributed by atoms with E-state index >= 15 is 0 Å². The number of hydrogen-bond donors (Lipinski definition) is 1. The molecule has 106 valence electrons. The summed E-state index contributed by atoms with van der Waals surface area (Å²) in [5.74, 6) is -0.225. The van der Waals surface area contributed by atoms with Crippen molar-refractivity contribution < 1.29 is 4.39 Å². The molecule has 1 aromatic carbocycles. The van der Waals surface area contributed by atoms with E-state index in [1.807, 2.05) is 6.07 Å². The van der Waals surface area contributed by atoms with Crippen molar-refractivity contribution in [2.24, 2.45) is 0 Å². The number of thiazole rings is 1. The van der Waals surface area contributed by atoms with Gasteiger partial charge in [0.05, 0.1) is 5.69 Å². The van der Waals surface area contributed by atoms with Crippen LogP contribution < -0.4 is 5.32 Å². The number of hydrogen-bond acceptors (Lipinski definition) is 3. The average Bonchev–Trinajstić information content (AvgIpc) is 3.16. The highest BCUT2D eigenvalue weighted by Crippen LogP contribution is 2.32. The summed E-state index contributed by atoms with van der Waals surface area (Å²) < 4.78 is 14.8. The fourth-order valence-corrected chi connectivity index (χ4v) is 3.56. The Morgan fingerprint density at radius 2 is 2.25 bits per heavy atom. The molecule has 20 heavy (non-hydrogen) atoms. The summed E-state index contributed by atoms with van der Waals surface area (Å²) in [6, 6.07) is 5.81. The van der Waals surface area contributed by atoms with Gasteiger partial charge in [-0.05, 0) is 37.5 Å². The Labute approximate surface area is 130 Å². The van der Waals surface area contributed by atoms with Crippen LogP contribution in [0.25, 0.3) is 10.6 Å². The number of aromatic nitrogens is 1. The first-order chi connectivity index (χ1) is 9.67. The molecule has 0 amide bonds. The molecule has 1 aromatic heterocycles. The molecule has 1 heterocycles. The number of rotatable bonds is 5. The minimum absolute atomic E-state index is 0.225. The van der Waals surface area contributed by atoms with E-state index in [1.54, 1.807) is 17.4 Å². The molecule has 1 aliphatic rings. The molecule has 1 saturated carbocycles.